The maximum absolute atomic E-state index is 8.57. The van der Waals surface area contributed by atoms with Crippen molar-refractivity contribution in [2.75, 3.05) is 6.61 Å². The predicted octanol–water partition coefficient (Wildman–Crippen LogP) is 3.18. The maximum Gasteiger partial charge on any atom is 0.227 e. The lowest BCUT2D eigenvalue weighted by Gasteiger charge is -2.27. The standard InChI is InChI=1S/C14H21N3O2/c1-2-18-13(11-7-4-3-5-8-11)14-16-12(19-17-14)9-6-10-15/h11,13H,2-9H2,1H3. The van der Waals surface area contributed by atoms with Crippen molar-refractivity contribution >= 4 is 0 Å². The van der Waals surface area contributed by atoms with Gasteiger partial charge in [-0.05, 0) is 25.7 Å². The monoisotopic (exact) mass is 263 g/mol. The fourth-order valence-corrected chi connectivity index (χ4v) is 2.69. The summed E-state index contributed by atoms with van der Waals surface area (Å²) < 4.78 is 11.0. The maximum atomic E-state index is 8.57. The van der Waals surface area contributed by atoms with Crippen LogP contribution in [0.1, 0.15) is 63.3 Å². The molecule has 5 nitrogen and oxygen atoms in total. The van der Waals surface area contributed by atoms with Gasteiger partial charge in [0.15, 0.2) is 0 Å². The molecule has 2 rings (SSSR count). The van der Waals surface area contributed by atoms with Gasteiger partial charge in [-0.1, -0.05) is 24.4 Å². The Morgan fingerprint density at radius 3 is 2.89 bits per heavy atom. The Hall–Kier alpha value is -1.41. The topological polar surface area (TPSA) is 71.9 Å². The molecule has 5 heteroatoms. The van der Waals surface area contributed by atoms with Gasteiger partial charge < -0.3 is 9.26 Å². The molecule has 1 unspecified atom stereocenters. The van der Waals surface area contributed by atoms with Crippen LogP contribution in [-0.2, 0) is 11.2 Å². The van der Waals surface area contributed by atoms with Crippen molar-refractivity contribution < 1.29 is 9.26 Å². The molecule has 1 aromatic rings. The van der Waals surface area contributed by atoms with Crippen LogP contribution in [0, 0.1) is 17.2 Å². The van der Waals surface area contributed by atoms with Gasteiger partial charge >= 0.3 is 0 Å². The molecule has 1 fully saturated rings. The third-order valence-electron chi connectivity index (χ3n) is 3.61. The predicted molar refractivity (Wildman–Crippen MR) is 69.2 cm³/mol. The van der Waals surface area contributed by atoms with E-state index in [1.165, 1.54) is 32.1 Å². The Kier molecular flexibility index (Phi) is 5.34. The van der Waals surface area contributed by atoms with Gasteiger partial charge in [0, 0.05) is 19.4 Å². The van der Waals surface area contributed by atoms with E-state index in [2.05, 4.69) is 16.2 Å². The average Bonchev–Trinajstić information content (AvgIpc) is 2.92. The van der Waals surface area contributed by atoms with E-state index in [1.54, 1.807) is 0 Å². The fourth-order valence-electron chi connectivity index (χ4n) is 2.69. The van der Waals surface area contributed by atoms with Gasteiger partial charge in [0.1, 0.15) is 6.10 Å². The second-order valence-electron chi connectivity index (χ2n) is 4.98. The Morgan fingerprint density at radius 1 is 1.42 bits per heavy atom. The van der Waals surface area contributed by atoms with Crippen LogP contribution in [0.4, 0.5) is 0 Å². The van der Waals surface area contributed by atoms with Crippen molar-refractivity contribution in [3.63, 3.8) is 0 Å². The summed E-state index contributed by atoms with van der Waals surface area (Å²) >= 11 is 0. The van der Waals surface area contributed by atoms with Crippen molar-refractivity contribution in [2.45, 2.75) is 58.0 Å². The SMILES string of the molecule is CCOC(c1noc(CCC#N)n1)C1CCCCC1. The lowest BCUT2D eigenvalue weighted by molar-refractivity contribution is -0.00145. The number of aryl methyl sites for hydroxylation is 1. The van der Waals surface area contributed by atoms with E-state index in [9.17, 15) is 0 Å². The number of nitriles is 1. The minimum atomic E-state index is -0.0510. The van der Waals surface area contributed by atoms with Crippen LogP contribution in [0.15, 0.2) is 4.52 Å². The number of hydrogen-bond donors (Lipinski definition) is 0. The van der Waals surface area contributed by atoms with Crippen LogP contribution in [0.5, 0.6) is 0 Å². The number of hydrogen-bond acceptors (Lipinski definition) is 5. The summed E-state index contributed by atoms with van der Waals surface area (Å²) in [6.45, 7) is 2.65. The van der Waals surface area contributed by atoms with Gasteiger partial charge in [0.05, 0.1) is 6.07 Å². The molecule has 0 radical (unpaired) electrons. The van der Waals surface area contributed by atoms with Gasteiger partial charge in [-0.3, -0.25) is 0 Å². The molecule has 0 saturated heterocycles. The van der Waals surface area contributed by atoms with Crippen molar-refractivity contribution in [2.24, 2.45) is 5.92 Å². The average molecular weight is 263 g/mol. The highest BCUT2D eigenvalue weighted by Crippen LogP contribution is 2.35. The second kappa shape index (κ2) is 7.25. The van der Waals surface area contributed by atoms with Crippen molar-refractivity contribution in [3.05, 3.63) is 11.7 Å². The first-order valence-electron chi connectivity index (χ1n) is 7.16. The second-order valence-corrected chi connectivity index (χ2v) is 4.98. The summed E-state index contributed by atoms with van der Waals surface area (Å²) in [5.41, 5.74) is 0. The molecule has 1 heterocycles. The van der Waals surface area contributed by atoms with Gasteiger partial charge in [-0.15, -0.1) is 0 Å². The molecule has 0 N–H and O–H groups in total. The minimum absolute atomic E-state index is 0.0510. The van der Waals surface area contributed by atoms with E-state index in [0.29, 0.717) is 37.1 Å². The van der Waals surface area contributed by atoms with Gasteiger partial charge in [-0.2, -0.15) is 10.2 Å². The Bertz CT molecular complexity index is 419. The van der Waals surface area contributed by atoms with E-state index >= 15 is 0 Å². The van der Waals surface area contributed by atoms with E-state index < -0.39 is 0 Å². The Balaban J connectivity index is 2.05. The molecule has 1 saturated carbocycles. The third kappa shape index (κ3) is 3.77. The molecule has 1 aromatic heterocycles. The van der Waals surface area contributed by atoms with E-state index in [4.69, 9.17) is 14.5 Å². The molecule has 0 aromatic carbocycles. The van der Waals surface area contributed by atoms with Gasteiger partial charge in [0.25, 0.3) is 0 Å². The first-order valence-corrected chi connectivity index (χ1v) is 7.16. The molecule has 1 aliphatic carbocycles. The molecule has 1 atom stereocenters. The zero-order valence-electron chi connectivity index (χ0n) is 11.5. The largest absolute Gasteiger partial charge is 0.370 e. The Morgan fingerprint density at radius 2 is 2.21 bits per heavy atom. The quantitative estimate of drug-likeness (QED) is 0.788. The van der Waals surface area contributed by atoms with Crippen molar-refractivity contribution in [3.8, 4) is 6.07 Å². The highest BCUT2D eigenvalue weighted by molar-refractivity contribution is 4.96. The summed E-state index contributed by atoms with van der Waals surface area (Å²) in [6.07, 6.45) is 7.05. The van der Waals surface area contributed by atoms with Crippen LogP contribution in [0.3, 0.4) is 0 Å². The molecule has 1 aliphatic rings. The van der Waals surface area contributed by atoms with E-state index in [1.807, 2.05) is 6.92 Å². The zero-order chi connectivity index (χ0) is 13.5. The molecular weight excluding hydrogens is 242 g/mol. The first kappa shape index (κ1) is 14.0. The van der Waals surface area contributed by atoms with Crippen LogP contribution >= 0.6 is 0 Å². The van der Waals surface area contributed by atoms with Gasteiger partial charge in [0.2, 0.25) is 11.7 Å². The van der Waals surface area contributed by atoms with Crippen LogP contribution < -0.4 is 0 Å². The molecule has 0 amide bonds. The van der Waals surface area contributed by atoms with Crippen LogP contribution in [0.2, 0.25) is 0 Å². The number of nitrogens with zero attached hydrogens (tertiary/aromatic N) is 3. The van der Waals surface area contributed by atoms with Crippen LogP contribution in [-0.4, -0.2) is 16.7 Å². The Labute approximate surface area is 113 Å². The molecule has 0 bridgehead atoms. The van der Waals surface area contributed by atoms with Gasteiger partial charge in [-0.25, -0.2) is 0 Å². The van der Waals surface area contributed by atoms with E-state index in [-0.39, 0.29) is 6.10 Å². The highest BCUT2D eigenvalue weighted by atomic mass is 16.5. The summed E-state index contributed by atoms with van der Waals surface area (Å²) in [6, 6.07) is 2.08. The molecule has 0 spiro atoms. The third-order valence-corrected chi connectivity index (χ3v) is 3.61. The first-order chi connectivity index (χ1) is 9.35. The molecule has 104 valence electrons. The minimum Gasteiger partial charge on any atom is -0.370 e. The summed E-state index contributed by atoms with van der Waals surface area (Å²) in [5, 5.41) is 12.6. The zero-order valence-corrected chi connectivity index (χ0v) is 11.5. The lowest BCUT2D eigenvalue weighted by Crippen LogP contribution is -2.20. The number of rotatable bonds is 6. The number of ether oxygens (including phenoxy) is 1. The number of aromatic nitrogens is 2. The highest BCUT2D eigenvalue weighted by Gasteiger charge is 2.29. The molecule has 19 heavy (non-hydrogen) atoms. The fraction of sp³-hybridized carbons (Fsp3) is 0.786. The smallest absolute Gasteiger partial charge is 0.227 e. The van der Waals surface area contributed by atoms with Crippen molar-refractivity contribution in [1.29, 1.82) is 5.26 Å². The summed E-state index contributed by atoms with van der Waals surface area (Å²) in [7, 11) is 0. The normalized spacial score (nSPS) is 18.1. The van der Waals surface area contributed by atoms with Crippen molar-refractivity contribution in [1.82, 2.24) is 10.1 Å². The van der Waals surface area contributed by atoms with E-state index in [0.717, 1.165) is 0 Å². The van der Waals surface area contributed by atoms with Crippen LogP contribution in [0.25, 0.3) is 0 Å². The lowest BCUT2D eigenvalue weighted by atomic mass is 9.85. The summed E-state index contributed by atoms with van der Waals surface area (Å²) in [4.78, 5) is 4.39. The summed E-state index contributed by atoms with van der Waals surface area (Å²) in [5.74, 6) is 1.69. The molecule has 0 aliphatic heterocycles. The molecular formula is C14H21N3O2.